The Bertz CT molecular complexity index is 906. The quantitative estimate of drug-likeness (QED) is 0.742. The van der Waals surface area contributed by atoms with Crippen LogP contribution in [0.5, 0.6) is 0 Å². The van der Waals surface area contributed by atoms with Gasteiger partial charge in [-0.3, -0.25) is 9.78 Å². The lowest BCUT2D eigenvalue weighted by molar-refractivity contribution is 0.100. The molecule has 0 radical (unpaired) electrons. The second-order valence-electron chi connectivity index (χ2n) is 5.14. The van der Waals surface area contributed by atoms with E-state index in [-0.39, 0.29) is 0 Å². The summed E-state index contributed by atoms with van der Waals surface area (Å²) in [7, 11) is 0. The molecule has 102 valence electrons. The highest BCUT2D eigenvalue weighted by molar-refractivity contribution is 5.99. The van der Waals surface area contributed by atoms with Crippen LogP contribution in [0.15, 0.2) is 48.7 Å². The first-order chi connectivity index (χ1) is 10.2. The Morgan fingerprint density at radius 1 is 1.24 bits per heavy atom. The fourth-order valence-corrected chi connectivity index (χ4v) is 2.84. The largest absolute Gasteiger partial charge is 0.366 e. The number of pyridine rings is 1. The zero-order valence-electron chi connectivity index (χ0n) is 11.3. The predicted molar refractivity (Wildman–Crippen MR) is 82.7 cm³/mol. The van der Waals surface area contributed by atoms with Crippen molar-refractivity contribution >= 4 is 23.0 Å². The number of primary amides is 1. The van der Waals surface area contributed by atoms with Crippen molar-refractivity contribution in [2.24, 2.45) is 5.73 Å². The summed E-state index contributed by atoms with van der Waals surface area (Å²) in [6, 6.07) is 11.7. The highest BCUT2D eigenvalue weighted by atomic mass is 16.1. The van der Waals surface area contributed by atoms with Gasteiger partial charge < -0.3 is 10.3 Å². The van der Waals surface area contributed by atoms with Crippen LogP contribution in [-0.4, -0.2) is 15.5 Å². The van der Waals surface area contributed by atoms with Gasteiger partial charge in [-0.05, 0) is 36.2 Å². The van der Waals surface area contributed by atoms with Crippen LogP contribution in [0.3, 0.4) is 0 Å². The molecule has 1 aliphatic heterocycles. The maximum atomic E-state index is 11.4. The topological polar surface area (TPSA) is 60.9 Å². The summed E-state index contributed by atoms with van der Waals surface area (Å²) in [4.78, 5) is 15.9. The monoisotopic (exact) mass is 275 g/mol. The average molecular weight is 275 g/mol. The van der Waals surface area contributed by atoms with Crippen molar-refractivity contribution in [3.05, 3.63) is 59.8 Å². The van der Waals surface area contributed by atoms with Crippen molar-refractivity contribution < 1.29 is 4.79 Å². The first kappa shape index (κ1) is 11.9. The van der Waals surface area contributed by atoms with Gasteiger partial charge in [-0.15, -0.1) is 0 Å². The summed E-state index contributed by atoms with van der Waals surface area (Å²) in [5, 5.41) is 1.07. The lowest BCUT2D eigenvalue weighted by atomic mass is 10.1. The van der Waals surface area contributed by atoms with E-state index in [0.29, 0.717) is 5.56 Å². The number of nitrogens with zero attached hydrogens (tertiary/aromatic N) is 2. The minimum atomic E-state index is -0.413. The number of benzene rings is 1. The molecule has 0 fully saturated rings. The molecule has 1 amide bonds. The van der Waals surface area contributed by atoms with Crippen LogP contribution in [-0.2, 0) is 6.42 Å². The van der Waals surface area contributed by atoms with Crippen molar-refractivity contribution in [1.82, 2.24) is 9.55 Å². The second kappa shape index (κ2) is 4.31. The van der Waals surface area contributed by atoms with Crippen LogP contribution < -0.4 is 5.73 Å². The van der Waals surface area contributed by atoms with Crippen molar-refractivity contribution in [3.8, 4) is 11.4 Å². The van der Waals surface area contributed by atoms with Gasteiger partial charge in [0.15, 0.2) is 0 Å². The highest BCUT2D eigenvalue weighted by Gasteiger charge is 2.16. The van der Waals surface area contributed by atoms with E-state index in [9.17, 15) is 4.79 Å². The van der Waals surface area contributed by atoms with Gasteiger partial charge in [0.25, 0.3) is 0 Å². The van der Waals surface area contributed by atoms with Crippen molar-refractivity contribution in [1.29, 1.82) is 0 Å². The summed E-state index contributed by atoms with van der Waals surface area (Å²) < 4.78 is 2.07. The van der Waals surface area contributed by atoms with E-state index in [1.54, 1.807) is 12.3 Å². The molecular weight excluding hydrogens is 262 g/mol. The number of carbonyl (C=O) groups is 1. The summed E-state index contributed by atoms with van der Waals surface area (Å²) in [5.74, 6) is -0.413. The molecule has 4 heteroatoms. The maximum Gasteiger partial charge on any atom is 0.248 e. The zero-order valence-corrected chi connectivity index (χ0v) is 11.3. The third-order valence-corrected chi connectivity index (χ3v) is 3.85. The van der Waals surface area contributed by atoms with Crippen LogP contribution in [0, 0.1) is 0 Å². The summed E-state index contributed by atoms with van der Waals surface area (Å²) in [5.41, 5.74) is 10.1. The maximum absolute atomic E-state index is 11.4. The van der Waals surface area contributed by atoms with Crippen LogP contribution >= 0.6 is 0 Å². The number of allylic oxidation sites excluding steroid dienone is 1. The van der Waals surface area contributed by atoms with Crippen molar-refractivity contribution in [3.63, 3.8) is 0 Å². The van der Waals surface area contributed by atoms with Gasteiger partial charge in [0.1, 0.15) is 0 Å². The van der Waals surface area contributed by atoms with Crippen LogP contribution in [0.25, 0.3) is 28.5 Å². The summed E-state index contributed by atoms with van der Waals surface area (Å²) in [6.45, 7) is 0. The molecule has 0 unspecified atom stereocenters. The second-order valence-corrected chi connectivity index (χ2v) is 5.14. The van der Waals surface area contributed by atoms with Crippen LogP contribution in [0.2, 0.25) is 0 Å². The van der Waals surface area contributed by atoms with Gasteiger partial charge in [0.2, 0.25) is 5.91 Å². The Morgan fingerprint density at radius 2 is 2.14 bits per heavy atom. The summed E-state index contributed by atoms with van der Waals surface area (Å²) >= 11 is 0. The fraction of sp³-hybridized carbons (Fsp3) is 0.0588. The third-order valence-electron chi connectivity index (χ3n) is 3.85. The number of rotatable bonds is 1. The van der Waals surface area contributed by atoms with E-state index in [0.717, 1.165) is 28.7 Å². The number of aromatic nitrogens is 2. The molecule has 1 aromatic carbocycles. The van der Waals surface area contributed by atoms with E-state index in [1.165, 1.54) is 5.56 Å². The van der Waals surface area contributed by atoms with Crippen molar-refractivity contribution in [2.75, 3.05) is 0 Å². The van der Waals surface area contributed by atoms with Gasteiger partial charge in [-0.1, -0.05) is 18.2 Å². The molecule has 0 aliphatic carbocycles. The Morgan fingerprint density at radius 3 is 3.00 bits per heavy atom. The first-order valence-electron chi connectivity index (χ1n) is 6.80. The SMILES string of the molecule is NC(=O)c1ccc2cc3n(c2c1)C=CCc1cccnc1-3. The van der Waals surface area contributed by atoms with E-state index in [1.807, 2.05) is 24.4 Å². The molecule has 2 N–H and O–H groups in total. The number of hydrogen-bond donors (Lipinski definition) is 1. The minimum Gasteiger partial charge on any atom is -0.366 e. The molecule has 0 saturated carbocycles. The molecular formula is C17H13N3O. The van der Waals surface area contributed by atoms with Gasteiger partial charge in [0, 0.05) is 23.3 Å². The van der Waals surface area contributed by atoms with Crippen LogP contribution in [0.4, 0.5) is 0 Å². The van der Waals surface area contributed by atoms with Gasteiger partial charge >= 0.3 is 0 Å². The smallest absolute Gasteiger partial charge is 0.248 e. The van der Waals surface area contributed by atoms with Gasteiger partial charge in [-0.25, -0.2) is 0 Å². The molecule has 0 spiro atoms. The Hall–Kier alpha value is -2.88. The predicted octanol–water partition coefficient (Wildman–Crippen LogP) is 2.83. The number of amides is 1. The number of hydrogen-bond acceptors (Lipinski definition) is 2. The lowest BCUT2D eigenvalue weighted by Crippen LogP contribution is -2.10. The Labute approximate surface area is 121 Å². The van der Waals surface area contributed by atoms with Crippen LogP contribution in [0.1, 0.15) is 15.9 Å². The fourth-order valence-electron chi connectivity index (χ4n) is 2.84. The van der Waals surface area contributed by atoms with Crippen molar-refractivity contribution in [2.45, 2.75) is 6.42 Å². The van der Waals surface area contributed by atoms with E-state index >= 15 is 0 Å². The molecule has 0 atom stereocenters. The number of fused-ring (bicyclic) bond motifs is 5. The molecule has 2 aromatic heterocycles. The average Bonchev–Trinajstić information content (AvgIpc) is 2.75. The molecule has 3 heterocycles. The third kappa shape index (κ3) is 1.76. The van der Waals surface area contributed by atoms with E-state index < -0.39 is 5.91 Å². The molecule has 4 rings (SSSR count). The van der Waals surface area contributed by atoms with E-state index in [2.05, 4.69) is 27.8 Å². The standard InChI is InChI=1S/C17H13N3O/c18-17(21)13-6-5-12-9-15-16-11(3-1-7-19-16)4-2-8-20(15)14(12)10-13/h1-3,5-10H,4H2,(H2,18,21). The Balaban J connectivity index is 2.06. The molecule has 4 nitrogen and oxygen atoms in total. The van der Waals surface area contributed by atoms with Gasteiger partial charge in [-0.2, -0.15) is 0 Å². The Kier molecular flexibility index (Phi) is 2.44. The molecule has 0 saturated heterocycles. The molecule has 3 aromatic rings. The molecule has 1 aliphatic rings. The zero-order chi connectivity index (χ0) is 14.4. The molecule has 0 bridgehead atoms. The lowest BCUT2D eigenvalue weighted by Gasteiger charge is -2.05. The minimum absolute atomic E-state index is 0.413. The number of carbonyl (C=O) groups excluding carboxylic acids is 1. The first-order valence-corrected chi connectivity index (χ1v) is 6.80. The van der Waals surface area contributed by atoms with Gasteiger partial charge in [0.05, 0.1) is 16.9 Å². The van der Waals surface area contributed by atoms with E-state index in [4.69, 9.17) is 5.73 Å². The normalized spacial score (nSPS) is 12.8. The summed E-state index contributed by atoms with van der Waals surface area (Å²) in [6.07, 6.45) is 6.79. The number of nitrogens with two attached hydrogens (primary N) is 1. The highest BCUT2D eigenvalue weighted by Crippen LogP contribution is 2.32. The molecule has 21 heavy (non-hydrogen) atoms.